The Bertz CT molecular complexity index is 1940. The van der Waals surface area contributed by atoms with Crippen LogP contribution in [0.2, 0.25) is 5.02 Å². The molecule has 0 unspecified atom stereocenters. The van der Waals surface area contributed by atoms with E-state index in [2.05, 4.69) is 60.1 Å². The van der Waals surface area contributed by atoms with E-state index in [9.17, 15) is 9.18 Å². The first kappa shape index (κ1) is 36.6. The molecular weight excluding hydrogens is 677 g/mol. The van der Waals surface area contributed by atoms with Crippen LogP contribution in [-0.2, 0) is 24.4 Å². The summed E-state index contributed by atoms with van der Waals surface area (Å²) in [4.78, 5) is 21.9. The number of ether oxygens (including phenoxy) is 3. The fourth-order valence-corrected chi connectivity index (χ4v) is 6.33. The molecule has 0 aliphatic carbocycles. The third kappa shape index (κ3) is 10.2. The fraction of sp³-hybridized carbons (Fsp3) is 0.256. The molecule has 52 heavy (non-hydrogen) atoms. The minimum atomic E-state index is -0.272. The van der Waals surface area contributed by atoms with E-state index in [4.69, 9.17) is 25.8 Å². The van der Waals surface area contributed by atoms with E-state index in [1.165, 1.54) is 28.8 Å². The minimum absolute atomic E-state index is 0.0262. The van der Waals surface area contributed by atoms with Gasteiger partial charge in [0.25, 0.3) is 0 Å². The number of pyridine rings is 1. The molecule has 6 rings (SSSR count). The van der Waals surface area contributed by atoms with E-state index in [0.717, 1.165) is 36.2 Å². The topological polar surface area (TPSA) is 64.1 Å². The third-order valence-corrected chi connectivity index (χ3v) is 9.35. The van der Waals surface area contributed by atoms with E-state index in [1.54, 1.807) is 42.6 Å². The van der Waals surface area contributed by atoms with Crippen molar-refractivity contribution in [2.75, 3.05) is 26.2 Å². The first-order valence-electron chi connectivity index (χ1n) is 17.5. The molecule has 0 spiro atoms. The van der Waals surface area contributed by atoms with E-state index in [0.29, 0.717) is 54.5 Å². The Morgan fingerprint density at radius 2 is 1.60 bits per heavy atom. The second-order valence-corrected chi connectivity index (χ2v) is 13.6. The second-order valence-electron chi connectivity index (χ2n) is 13.2. The summed E-state index contributed by atoms with van der Waals surface area (Å²) in [7, 11) is 0. The van der Waals surface area contributed by atoms with Crippen LogP contribution in [0.15, 0.2) is 109 Å². The molecule has 268 valence electrons. The molecule has 5 aromatic rings. The Morgan fingerprint density at radius 1 is 0.885 bits per heavy atom. The molecule has 1 aromatic heterocycles. The van der Waals surface area contributed by atoms with Gasteiger partial charge in [0.15, 0.2) is 5.75 Å². The van der Waals surface area contributed by atoms with Gasteiger partial charge in [0.2, 0.25) is 11.8 Å². The molecule has 0 saturated carbocycles. The number of carbonyl (C=O) groups excluding carboxylic acids is 1. The molecule has 7 nitrogen and oxygen atoms in total. The van der Waals surface area contributed by atoms with E-state index in [1.807, 2.05) is 36.1 Å². The normalized spacial score (nSPS) is 14.8. The molecule has 0 bridgehead atoms. The minimum Gasteiger partial charge on any atom is -0.493 e. The van der Waals surface area contributed by atoms with Crippen LogP contribution in [0.1, 0.15) is 40.3 Å². The summed E-state index contributed by atoms with van der Waals surface area (Å²) < 4.78 is 30.7. The van der Waals surface area contributed by atoms with Gasteiger partial charge in [-0.2, -0.15) is 0 Å². The number of halogens is 2. The van der Waals surface area contributed by atoms with Gasteiger partial charge in [0, 0.05) is 50.8 Å². The van der Waals surface area contributed by atoms with Gasteiger partial charge in [0.1, 0.15) is 23.9 Å². The smallest absolute Gasteiger partial charge is 0.246 e. The SMILES string of the molecule is Cc1ccc(COc2ccc(Oc3c(C)cc(/C=C/C(=O)N4CCN(Cc5ccc(CCOc6ccc(F)cc6)cc5)[C@@H](C)C4)cc3Cl)nc2)cc1. The lowest BCUT2D eigenvalue weighted by Gasteiger charge is -2.39. The van der Waals surface area contributed by atoms with Crippen molar-refractivity contribution in [3.63, 3.8) is 0 Å². The van der Waals surface area contributed by atoms with E-state index in [-0.39, 0.29) is 17.8 Å². The quantitative estimate of drug-likeness (QED) is 0.113. The summed E-state index contributed by atoms with van der Waals surface area (Å²) in [6.07, 6.45) is 5.81. The maximum Gasteiger partial charge on any atom is 0.246 e. The molecule has 1 amide bonds. The van der Waals surface area contributed by atoms with Crippen LogP contribution in [0.5, 0.6) is 23.1 Å². The highest BCUT2D eigenvalue weighted by Crippen LogP contribution is 2.34. The molecule has 9 heteroatoms. The van der Waals surface area contributed by atoms with Gasteiger partial charge in [-0.25, -0.2) is 9.37 Å². The lowest BCUT2D eigenvalue weighted by Crippen LogP contribution is -2.52. The number of carbonyl (C=O) groups is 1. The maximum absolute atomic E-state index is 13.2. The van der Waals surface area contributed by atoms with Crippen LogP contribution in [0.4, 0.5) is 4.39 Å². The average molecular weight is 720 g/mol. The predicted octanol–water partition coefficient (Wildman–Crippen LogP) is 9.23. The Hall–Kier alpha value is -5.18. The number of amides is 1. The molecule has 4 aromatic carbocycles. The van der Waals surface area contributed by atoms with Crippen molar-refractivity contribution >= 4 is 23.6 Å². The monoisotopic (exact) mass is 719 g/mol. The zero-order chi connectivity index (χ0) is 36.5. The Kier molecular flexibility index (Phi) is 12.2. The number of rotatable bonds is 13. The van der Waals surface area contributed by atoms with Crippen LogP contribution in [0, 0.1) is 19.7 Å². The number of nitrogens with zero attached hydrogens (tertiary/aromatic N) is 3. The largest absolute Gasteiger partial charge is 0.493 e. The van der Waals surface area contributed by atoms with Crippen LogP contribution < -0.4 is 14.2 Å². The number of benzene rings is 4. The van der Waals surface area contributed by atoms with Crippen molar-refractivity contribution in [2.24, 2.45) is 0 Å². The predicted molar refractivity (Wildman–Crippen MR) is 204 cm³/mol. The van der Waals surface area contributed by atoms with Crippen molar-refractivity contribution in [1.29, 1.82) is 0 Å². The summed E-state index contributed by atoms with van der Waals surface area (Å²) in [6, 6.07) is 30.4. The molecule has 1 saturated heterocycles. The maximum atomic E-state index is 13.2. The highest BCUT2D eigenvalue weighted by atomic mass is 35.5. The molecular formula is C43H43ClFN3O4. The van der Waals surface area contributed by atoms with Gasteiger partial charge < -0.3 is 19.1 Å². The third-order valence-electron chi connectivity index (χ3n) is 9.07. The van der Waals surface area contributed by atoms with Crippen molar-refractivity contribution in [3.05, 3.63) is 154 Å². The second kappa shape index (κ2) is 17.4. The summed E-state index contributed by atoms with van der Waals surface area (Å²) >= 11 is 6.64. The first-order valence-corrected chi connectivity index (χ1v) is 17.9. The number of hydrogen-bond acceptors (Lipinski definition) is 6. The summed E-state index contributed by atoms with van der Waals surface area (Å²) in [5, 5.41) is 0.433. The van der Waals surface area contributed by atoms with Gasteiger partial charge in [-0.05, 0) is 97.1 Å². The molecule has 1 fully saturated rings. The van der Waals surface area contributed by atoms with E-state index < -0.39 is 0 Å². The number of aryl methyl sites for hydroxylation is 2. The number of hydrogen-bond donors (Lipinski definition) is 0. The highest BCUT2D eigenvalue weighted by Gasteiger charge is 2.25. The van der Waals surface area contributed by atoms with Gasteiger partial charge in [-0.1, -0.05) is 65.7 Å². The Balaban J connectivity index is 0.952. The molecule has 2 heterocycles. The van der Waals surface area contributed by atoms with Crippen molar-refractivity contribution in [3.8, 4) is 23.1 Å². The molecule has 1 aliphatic heterocycles. The zero-order valence-electron chi connectivity index (χ0n) is 29.7. The molecule has 0 N–H and O–H groups in total. The van der Waals surface area contributed by atoms with Crippen LogP contribution in [0.3, 0.4) is 0 Å². The Morgan fingerprint density at radius 3 is 2.29 bits per heavy atom. The number of aromatic nitrogens is 1. The Labute approximate surface area is 310 Å². The van der Waals surface area contributed by atoms with Crippen molar-refractivity contribution < 1.29 is 23.4 Å². The average Bonchev–Trinajstić information content (AvgIpc) is 3.14. The molecule has 1 aliphatic rings. The van der Waals surface area contributed by atoms with Crippen molar-refractivity contribution in [2.45, 2.75) is 46.4 Å². The van der Waals surface area contributed by atoms with Crippen molar-refractivity contribution in [1.82, 2.24) is 14.8 Å². The van der Waals surface area contributed by atoms with Gasteiger partial charge in [-0.15, -0.1) is 0 Å². The molecule has 1 atom stereocenters. The molecule has 0 radical (unpaired) electrons. The van der Waals surface area contributed by atoms with Crippen LogP contribution >= 0.6 is 11.6 Å². The highest BCUT2D eigenvalue weighted by molar-refractivity contribution is 6.32. The van der Waals surface area contributed by atoms with Crippen LogP contribution in [0.25, 0.3) is 6.08 Å². The number of piperazine rings is 1. The van der Waals surface area contributed by atoms with Gasteiger partial charge >= 0.3 is 0 Å². The van der Waals surface area contributed by atoms with Gasteiger partial charge in [0.05, 0.1) is 17.8 Å². The summed E-state index contributed by atoms with van der Waals surface area (Å²) in [5.41, 5.74) is 6.34. The van der Waals surface area contributed by atoms with E-state index >= 15 is 0 Å². The summed E-state index contributed by atoms with van der Waals surface area (Å²) in [5.74, 6) is 1.93. The standard InChI is InChI=1S/C43H43ClFN3O4/c1-30-4-6-35(7-5-30)29-51-39-17-18-41(46-26-39)52-43-31(2)24-36(25-40(43)44)12-19-42(49)48-22-21-47(32(3)27-48)28-34-10-8-33(9-11-34)20-23-50-38-15-13-37(45)14-16-38/h4-19,24-26,32H,20-23,27-29H2,1-3H3/b19-12+/t32-/m0/s1. The zero-order valence-corrected chi connectivity index (χ0v) is 30.5. The van der Waals surface area contributed by atoms with Gasteiger partial charge in [-0.3, -0.25) is 9.69 Å². The summed E-state index contributed by atoms with van der Waals surface area (Å²) in [6.45, 7) is 10.0. The fourth-order valence-electron chi connectivity index (χ4n) is 6.02. The van der Waals surface area contributed by atoms with Crippen LogP contribution in [-0.4, -0.2) is 53.0 Å². The first-order chi connectivity index (χ1) is 25.2. The lowest BCUT2D eigenvalue weighted by molar-refractivity contribution is -0.128. The lowest BCUT2D eigenvalue weighted by atomic mass is 10.1.